The minimum absolute atomic E-state index is 0. The van der Waals surface area contributed by atoms with Crippen LogP contribution in [-0.2, 0) is 33.4 Å². The molecular weight excluding hydrogens is 708 g/mol. The Hall–Kier alpha value is 3.72. The fourth-order valence-corrected chi connectivity index (χ4v) is 9.64. The molecule has 0 aromatic heterocycles. The number of hydrogen-bond donors (Lipinski definition) is 0. The van der Waals surface area contributed by atoms with Gasteiger partial charge in [0.25, 0.3) is 0 Å². The van der Waals surface area contributed by atoms with Crippen molar-refractivity contribution in [2.75, 3.05) is 0 Å². The molecule has 0 unspecified atom stereocenters. The average molecular weight is 708 g/mol. The summed E-state index contributed by atoms with van der Waals surface area (Å²) in [6, 6.07) is 0. The average Bonchev–Trinajstić information content (AvgIpc) is 1.95. The summed E-state index contributed by atoms with van der Waals surface area (Å²) in [5, 5.41) is 0. The Morgan fingerprint density at radius 2 is 0.900 bits per heavy atom. The molecule has 4 nitrogen and oxygen atoms in total. The van der Waals surface area contributed by atoms with Gasteiger partial charge in [-0.15, -0.1) is 0 Å². The molecule has 0 saturated heterocycles. The van der Waals surface area contributed by atoms with E-state index in [2.05, 4.69) is 0 Å². The topological polar surface area (TPSA) is 36.9 Å². The predicted molar refractivity (Wildman–Crippen MR) is 66.2 cm³/mol. The van der Waals surface area contributed by atoms with Crippen LogP contribution >= 0.6 is 92.0 Å². The summed E-state index contributed by atoms with van der Waals surface area (Å²) in [6.45, 7) is 0. The van der Waals surface area contributed by atoms with Crippen LogP contribution in [0.3, 0.4) is 0 Å². The first-order valence-corrected chi connectivity index (χ1v) is 6.59. The van der Waals surface area contributed by atoms with Gasteiger partial charge in [0.2, 0.25) is 0 Å². The van der Waals surface area contributed by atoms with E-state index < -0.39 is 9.05 Å². The minimum Gasteiger partial charge on any atom is -0.282 e. The molecular formula is AgI4O4Si. The first-order chi connectivity index (χ1) is 4.24. The summed E-state index contributed by atoms with van der Waals surface area (Å²) in [4.78, 5) is 0. The van der Waals surface area contributed by atoms with Crippen LogP contribution in [0.5, 0.6) is 0 Å². The molecule has 1 radical (unpaired) electrons. The predicted octanol–water partition coefficient (Wildman–Crippen LogP) is 2.89. The van der Waals surface area contributed by atoms with E-state index in [1.54, 1.807) is 92.0 Å². The van der Waals surface area contributed by atoms with E-state index in [1.165, 1.54) is 0 Å². The van der Waals surface area contributed by atoms with Crippen molar-refractivity contribution >= 4 is 101 Å². The van der Waals surface area contributed by atoms with E-state index in [1.807, 2.05) is 0 Å². The van der Waals surface area contributed by atoms with E-state index in [9.17, 15) is 0 Å². The molecule has 10 heavy (non-hydrogen) atoms. The SMILES string of the molecule is IO[Si](OI)(OI)OI.[Ag]. The molecule has 67 valence electrons. The van der Waals surface area contributed by atoms with Gasteiger partial charge >= 0.3 is 9.05 Å². The third kappa shape index (κ3) is 5.45. The van der Waals surface area contributed by atoms with Crippen molar-refractivity contribution in [2.24, 2.45) is 0 Å². The maximum atomic E-state index is 4.81. The Morgan fingerprint density at radius 1 is 0.700 bits per heavy atom. The van der Waals surface area contributed by atoms with E-state index in [0.29, 0.717) is 0 Å². The summed E-state index contributed by atoms with van der Waals surface area (Å²) >= 11 is 6.70. The van der Waals surface area contributed by atoms with Crippen LogP contribution in [0.4, 0.5) is 0 Å². The largest absolute Gasteiger partial charge is 0.718 e. The molecule has 0 aromatic carbocycles. The smallest absolute Gasteiger partial charge is 0.282 e. The Kier molecular flexibility index (Phi) is 15.0. The maximum absolute atomic E-state index is 4.81. The van der Waals surface area contributed by atoms with Crippen molar-refractivity contribution in [2.45, 2.75) is 0 Å². The summed E-state index contributed by atoms with van der Waals surface area (Å²) in [5.74, 6) is 0. The van der Waals surface area contributed by atoms with Gasteiger partial charge in [0.15, 0.2) is 0 Å². The Bertz CT molecular complexity index is 60.1. The summed E-state index contributed by atoms with van der Waals surface area (Å²) in [7, 11) is -2.74. The standard InChI is InChI=1S/Ag.I4O4Si/c;1-5-9(6-2,7-3)8-4. The molecule has 0 N–H and O–H groups in total. The van der Waals surface area contributed by atoms with Crippen LogP contribution < -0.4 is 0 Å². The van der Waals surface area contributed by atoms with Crippen LogP contribution in [0, 0.1) is 0 Å². The van der Waals surface area contributed by atoms with E-state index in [-0.39, 0.29) is 22.4 Å². The molecule has 0 saturated carbocycles. The molecule has 0 aliphatic rings. The zero-order valence-electron chi connectivity index (χ0n) is 3.95. The van der Waals surface area contributed by atoms with Crippen molar-refractivity contribution in [3.8, 4) is 0 Å². The van der Waals surface area contributed by atoms with Crippen LogP contribution in [0.2, 0.25) is 0 Å². The van der Waals surface area contributed by atoms with Crippen molar-refractivity contribution < 1.29 is 33.4 Å². The molecule has 0 rings (SSSR count). The first kappa shape index (κ1) is 16.2. The van der Waals surface area contributed by atoms with E-state index in [0.717, 1.165) is 0 Å². The van der Waals surface area contributed by atoms with Crippen molar-refractivity contribution in [1.82, 2.24) is 0 Å². The molecule has 0 aromatic rings. The molecule has 0 aliphatic heterocycles. The minimum atomic E-state index is -2.74. The Balaban J connectivity index is 0. The van der Waals surface area contributed by atoms with Gasteiger partial charge in [-0.05, 0) is 0 Å². The van der Waals surface area contributed by atoms with Gasteiger partial charge < -0.3 is 0 Å². The van der Waals surface area contributed by atoms with Gasteiger partial charge in [-0.2, -0.15) is 0 Å². The zero-order chi connectivity index (χ0) is 7.33. The molecule has 0 spiro atoms. The summed E-state index contributed by atoms with van der Waals surface area (Å²) in [5.41, 5.74) is 0. The van der Waals surface area contributed by atoms with Gasteiger partial charge in [-0.25, -0.2) is 0 Å². The van der Waals surface area contributed by atoms with Gasteiger partial charge in [0, 0.05) is 22.4 Å². The number of halogens is 4. The third-order valence-corrected chi connectivity index (χ3v) is 7.61. The summed E-state index contributed by atoms with van der Waals surface area (Å²) in [6.07, 6.45) is 0. The summed E-state index contributed by atoms with van der Waals surface area (Å²) < 4.78 is 19.2. The third-order valence-electron chi connectivity index (χ3n) is 0.378. The van der Waals surface area contributed by atoms with Crippen molar-refractivity contribution in [3.63, 3.8) is 0 Å². The Morgan fingerprint density at radius 3 is 0.900 bits per heavy atom. The number of hydrogen-bond acceptors (Lipinski definition) is 4. The number of rotatable bonds is 4. The van der Waals surface area contributed by atoms with Crippen LogP contribution in [0.1, 0.15) is 0 Å². The molecule has 0 aliphatic carbocycles. The second kappa shape index (κ2) is 9.28. The molecule has 0 fully saturated rings. The fraction of sp³-hybridized carbons (Fsp3) is 0. The van der Waals surface area contributed by atoms with Crippen LogP contribution in [0.25, 0.3) is 0 Å². The van der Waals surface area contributed by atoms with Gasteiger partial charge in [0.05, 0.1) is 0 Å². The molecule has 0 bridgehead atoms. The van der Waals surface area contributed by atoms with Crippen molar-refractivity contribution in [1.29, 1.82) is 0 Å². The molecule has 10 heteroatoms. The second-order valence-corrected chi connectivity index (χ2v) is 7.71. The molecule has 0 amide bonds. The molecule has 0 heterocycles. The first-order valence-electron chi connectivity index (χ1n) is 1.43. The second-order valence-electron chi connectivity index (χ2n) is 0.809. The van der Waals surface area contributed by atoms with E-state index >= 15 is 0 Å². The fourth-order valence-electron chi connectivity index (χ4n) is 0.0714. The zero-order valence-corrected chi connectivity index (χ0v) is 15.1. The van der Waals surface area contributed by atoms with Crippen LogP contribution in [0.15, 0.2) is 0 Å². The van der Waals surface area contributed by atoms with Gasteiger partial charge in [-0.1, -0.05) is 0 Å². The van der Waals surface area contributed by atoms with Crippen molar-refractivity contribution in [3.05, 3.63) is 0 Å². The maximum Gasteiger partial charge on any atom is 0.718 e. The normalized spacial score (nSPS) is 10.8. The van der Waals surface area contributed by atoms with Gasteiger partial charge in [-0.3, -0.25) is 11.0 Å². The van der Waals surface area contributed by atoms with Gasteiger partial charge in [0.1, 0.15) is 92.0 Å². The van der Waals surface area contributed by atoms with Crippen LogP contribution in [-0.4, -0.2) is 9.05 Å². The quantitative estimate of drug-likeness (QED) is 0.333. The molecule has 0 atom stereocenters. The van der Waals surface area contributed by atoms with E-state index in [4.69, 9.17) is 11.0 Å². The monoisotopic (exact) mass is 706 g/mol. The Labute approximate surface area is 132 Å².